The number of anilines is 1. The predicted octanol–water partition coefficient (Wildman–Crippen LogP) is 1.29. The van der Waals surface area contributed by atoms with Gasteiger partial charge in [0.2, 0.25) is 0 Å². The number of carbonyl (C=O) groups excluding carboxylic acids is 1. The van der Waals surface area contributed by atoms with Gasteiger partial charge in [-0.3, -0.25) is 9.69 Å². The Balaban J connectivity index is 2.72. The van der Waals surface area contributed by atoms with E-state index >= 15 is 0 Å². The fourth-order valence-electron chi connectivity index (χ4n) is 1.57. The Morgan fingerprint density at radius 3 is 2.52 bits per heavy atom. The van der Waals surface area contributed by atoms with E-state index in [-0.39, 0.29) is 18.5 Å². The first kappa shape index (κ1) is 16.4. The summed E-state index contributed by atoms with van der Waals surface area (Å²) < 4.78 is 13.1. The lowest BCUT2D eigenvalue weighted by atomic mass is 10.1. The number of amides is 2. The summed E-state index contributed by atoms with van der Waals surface area (Å²) in [6.07, 6.45) is -0.631. The highest BCUT2D eigenvalue weighted by Crippen LogP contribution is 2.14. The monoisotopic (exact) mass is 298 g/mol. The molecule has 2 amide bonds. The molecule has 0 heterocycles. The van der Waals surface area contributed by atoms with Crippen LogP contribution in [0.5, 0.6) is 0 Å². The predicted molar refractivity (Wildman–Crippen MR) is 71.6 cm³/mol. The first-order chi connectivity index (χ1) is 9.81. The molecular formula is C13H15FN2O5. The summed E-state index contributed by atoms with van der Waals surface area (Å²) in [4.78, 5) is 34.4. The van der Waals surface area contributed by atoms with Gasteiger partial charge in [-0.05, 0) is 24.6 Å². The van der Waals surface area contributed by atoms with E-state index in [1.165, 1.54) is 25.2 Å². The number of halogens is 1. The highest BCUT2D eigenvalue weighted by atomic mass is 19.1. The summed E-state index contributed by atoms with van der Waals surface area (Å²) in [7, 11) is 1.35. The summed E-state index contributed by atoms with van der Waals surface area (Å²) >= 11 is 0. The number of carboxylic acid groups (broad SMARTS) is 2. The molecule has 0 saturated heterocycles. The van der Waals surface area contributed by atoms with Crippen LogP contribution in [0.1, 0.15) is 12.8 Å². The molecule has 0 bridgehead atoms. The van der Waals surface area contributed by atoms with E-state index in [1.54, 1.807) is 0 Å². The topological polar surface area (TPSA) is 107 Å². The van der Waals surface area contributed by atoms with Gasteiger partial charge in [0.15, 0.2) is 0 Å². The average molecular weight is 298 g/mol. The Morgan fingerprint density at radius 2 is 2.00 bits per heavy atom. The van der Waals surface area contributed by atoms with Crippen molar-refractivity contribution < 1.29 is 29.0 Å². The summed E-state index contributed by atoms with van der Waals surface area (Å²) in [6, 6.07) is 3.13. The number of carbonyl (C=O) groups is 3. The summed E-state index contributed by atoms with van der Waals surface area (Å²) in [6.45, 7) is 0. The second-order valence-electron chi connectivity index (χ2n) is 4.31. The molecule has 21 heavy (non-hydrogen) atoms. The van der Waals surface area contributed by atoms with Crippen LogP contribution < -0.4 is 10.2 Å². The van der Waals surface area contributed by atoms with Gasteiger partial charge in [0, 0.05) is 19.2 Å². The summed E-state index contributed by atoms with van der Waals surface area (Å²) in [5.41, 5.74) is 0.245. The van der Waals surface area contributed by atoms with E-state index in [2.05, 4.69) is 5.32 Å². The van der Waals surface area contributed by atoms with Crippen LogP contribution in [0.15, 0.2) is 24.3 Å². The van der Waals surface area contributed by atoms with Crippen molar-refractivity contribution in [3.63, 3.8) is 0 Å². The molecule has 114 valence electrons. The molecule has 7 nitrogen and oxygen atoms in total. The molecule has 0 aromatic heterocycles. The number of nitrogens with zero attached hydrogens (tertiary/aromatic N) is 1. The smallest absolute Gasteiger partial charge is 0.326 e. The highest BCUT2D eigenvalue weighted by molar-refractivity contribution is 5.94. The minimum atomic E-state index is -1.34. The molecule has 0 fully saturated rings. The number of rotatable bonds is 6. The van der Waals surface area contributed by atoms with Crippen molar-refractivity contribution in [2.24, 2.45) is 0 Å². The highest BCUT2D eigenvalue weighted by Gasteiger charge is 2.23. The van der Waals surface area contributed by atoms with Crippen LogP contribution in [0.2, 0.25) is 0 Å². The molecule has 1 aromatic rings. The third-order valence-electron chi connectivity index (χ3n) is 2.74. The lowest BCUT2D eigenvalue weighted by molar-refractivity contribution is -0.140. The van der Waals surface area contributed by atoms with Crippen LogP contribution in [0.3, 0.4) is 0 Å². The zero-order valence-electron chi connectivity index (χ0n) is 11.2. The van der Waals surface area contributed by atoms with Crippen LogP contribution >= 0.6 is 0 Å². The zero-order valence-corrected chi connectivity index (χ0v) is 11.2. The SMILES string of the molecule is CN(C(=O)N[C@@H](CCC(=O)O)C(=O)O)c1cccc(F)c1. The van der Waals surface area contributed by atoms with Crippen LogP contribution in [-0.2, 0) is 9.59 Å². The van der Waals surface area contributed by atoms with E-state index in [0.29, 0.717) is 0 Å². The third-order valence-corrected chi connectivity index (χ3v) is 2.74. The van der Waals surface area contributed by atoms with Crippen molar-refractivity contribution in [1.82, 2.24) is 5.32 Å². The summed E-state index contributed by atoms with van der Waals surface area (Å²) in [5.74, 6) is -3.03. The minimum Gasteiger partial charge on any atom is -0.481 e. The Kier molecular flexibility index (Phi) is 5.65. The van der Waals surface area contributed by atoms with Crippen LogP contribution in [-0.4, -0.2) is 41.3 Å². The number of hydrogen-bond acceptors (Lipinski definition) is 3. The van der Waals surface area contributed by atoms with E-state index in [0.717, 1.165) is 11.0 Å². The number of benzene rings is 1. The van der Waals surface area contributed by atoms with Crippen molar-refractivity contribution in [2.75, 3.05) is 11.9 Å². The molecule has 0 aliphatic carbocycles. The standard InChI is InChI=1S/C13H15FN2O5/c1-16(9-4-2-3-8(14)7-9)13(21)15-10(12(19)20)5-6-11(17)18/h2-4,7,10H,5-6H2,1H3,(H,15,21)(H,17,18)(H,19,20)/t10-/m0/s1. The molecule has 0 radical (unpaired) electrons. The molecule has 0 aliphatic heterocycles. The van der Waals surface area contributed by atoms with E-state index < -0.39 is 29.8 Å². The fourth-order valence-corrected chi connectivity index (χ4v) is 1.57. The second kappa shape index (κ2) is 7.22. The van der Waals surface area contributed by atoms with Crippen molar-refractivity contribution in [3.8, 4) is 0 Å². The number of carboxylic acids is 2. The largest absolute Gasteiger partial charge is 0.481 e. The van der Waals surface area contributed by atoms with Crippen LogP contribution in [0.4, 0.5) is 14.9 Å². The van der Waals surface area contributed by atoms with Gasteiger partial charge in [-0.15, -0.1) is 0 Å². The Bertz CT molecular complexity index is 549. The van der Waals surface area contributed by atoms with E-state index in [4.69, 9.17) is 10.2 Å². The van der Waals surface area contributed by atoms with Gasteiger partial charge in [-0.2, -0.15) is 0 Å². The normalized spacial score (nSPS) is 11.5. The van der Waals surface area contributed by atoms with Gasteiger partial charge < -0.3 is 15.5 Å². The first-order valence-corrected chi connectivity index (χ1v) is 6.05. The van der Waals surface area contributed by atoms with Crippen molar-refractivity contribution in [3.05, 3.63) is 30.1 Å². The number of aliphatic carboxylic acids is 2. The molecule has 0 unspecified atom stereocenters. The fraction of sp³-hybridized carbons (Fsp3) is 0.308. The maximum Gasteiger partial charge on any atom is 0.326 e. The lowest BCUT2D eigenvalue weighted by Crippen LogP contribution is -2.47. The van der Waals surface area contributed by atoms with Crippen LogP contribution in [0, 0.1) is 5.82 Å². The van der Waals surface area contributed by atoms with Gasteiger partial charge in [0.25, 0.3) is 0 Å². The van der Waals surface area contributed by atoms with Crippen molar-refractivity contribution in [1.29, 1.82) is 0 Å². The molecule has 0 saturated carbocycles. The van der Waals surface area contributed by atoms with E-state index in [9.17, 15) is 18.8 Å². The molecule has 3 N–H and O–H groups in total. The summed E-state index contributed by atoms with van der Waals surface area (Å²) in [5, 5.41) is 19.7. The molecule has 1 rings (SSSR count). The molecular weight excluding hydrogens is 283 g/mol. The Hall–Kier alpha value is -2.64. The molecule has 0 aliphatic rings. The molecule has 1 aromatic carbocycles. The zero-order chi connectivity index (χ0) is 16.0. The molecule has 8 heteroatoms. The first-order valence-electron chi connectivity index (χ1n) is 6.05. The van der Waals surface area contributed by atoms with Gasteiger partial charge >= 0.3 is 18.0 Å². The quantitative estimate of drug-likeness (QED) is 0.733. The second-order valence-corrected chi connectivity index (χ2v) is 4.31. The number of nitrogens with one attached hydrogen (secondary N) is 1. The van der Waals surface area contributed by atoms with Crippen molar-refractivity contribution >= 4 is 23.7 Å². The van der Waals surface area contributed by atoms with Gasteiger partial charge in [-0.1, -0.05) is 6.07 Å². The minimum absolute atomic E-state index is 0.243. The van der Waals surface area contributed by atoms with E-state index in [1.807, 2.05) is 0 Å². The maximum atomic E-state index is 13.1. The van der Waals surface area contributed by atoms with Gasteiger partial charge in [-0.25, -0.2) is 14.0 Å². The third kappa shape index (κ3) is 5.09. The van der Waals surface area contributed by atoms with Crippen molar-refractivity contribution in [2.45, 2.75) is 18.9 Å². The maximum absolute atomic E-state index is 13.1. The Labute approximate surface area is 120 Å². The van der Waals surface area contributed by atoms with Crippen LogP contribution in [0.25, 0.3) is 0 Å². The van der Waals surface area contributed by atoms with Gasteiger partial charge in [0.1, 0.15) is 11.9 Å². The Morgan fingerprint density at radius 1 is 1.33 bits per heavy atom. The molecule has 0 spiro atoms. The average Bonchev–Trinajstić information content (AvgIpc) is 2.41. The number of urea groups is 1. The van der Waals surface area contributed by atoms with Gasteiger partial charge in [0.05, 0.1) is 0 Å². The molecule has 1 atom stereocenters. The number of hydrogen-bond donors (Lipinski definition) is 3. The lowest BCUT2D eigenvalue weighted by Gasteiger charge is -2.21.